The Morgan fingerprint density at radius 1 is 1.09 bits per heavy atom. The number of benzene rings is 2. The molecule has 0 radical (unpaired) electrons. The summed E-state index contributed by atoms with van der Waals surface area (Å²) in [5.74, 6) is -0.452. The second-order valence-corrected chi connectivity index (χ2v) is 10.2. The van der Waals surface area contributed by atoms with Crippen molar-refractivity contribution in [2.75, 3.05) is 40.0 Å². The van der Waals surface area contributed by atoms with Gasteiger partial charge in [0.25, 0.3) is 5.91 Å². The van der Waals surface area contributed by atoms with Crippen molar-refractivity contribution >= 4 is 11.8 Å². The van der Waals surface area contributed by atoms with Crippen molar-refractivity contribution in [3.05, 3.63) is 65.5 Å². The highest BCUT2D eigenvalue weighted by molar-refractivity contribution is 5.94. The van der Waals surface area contributed by atoms with Crippen molar-refractivity contribution < 1.29 is 23.5 Å². The maximum atomic E-state index is 14.0. The van der Waals surface area contributed by atoms with Crippen molar-refractivity contribution in [2.45, 2.75) is 37.5 Å². The van der Waals surface area contributed by atoms with E-state index >= 15 is 0 Å². The molecule has 0 unspecified atom stereocenters. The summed E-state index contributed by atoms with van der Waals surface area (Å²) in [5, 5.41) is 3.27. The molecule has 1 spiro atoms. The molecule has 2 saturated heterocycles. The molecule has 35 heavy (non-hydrogen) atoms. The van der Waals surface area contributed by atoms with Crippen molar-refractivity contribution in [2.24, 2.45) is 11.3 Å². The predicted molar refractivity (Wildman–Crippen MR) is 130 cm³/mol. The van der Waals surface area contributed by atoms with E-state index < -0.39 is 5.82 Å². The van der Waals surface area contributed by atoms with E-state index in [1.165, 1.54) is 24.8 Å². The third kappa shape index (κ3) is 4.66. The highest BCUT2D eigenvalue weighted by Gasteiger charge is 2.58. The normalized spacial score (nSPS) is 22.5. The average Bonchev–Trinajstić information content (AvgIpc) is 3.61. The zero-order chi connectivity index (χ0) is 24.5. The Bertz CT molecular complexity index is 1080. The monoisotopic (exact) mass is 480 g/mol. The van der Waals surface area contributed by atoms with Crippen LogP contribution in [0.15, 0.2) is 48.5 Å². The minimum atomic E-state index is -0.538. The number of halogens is 1. The number of amides is 2. The number of hydrogen-bond donors (Lipinski definition) is 1. The minimum Gasteiger partial charge on any atom is -0.494 e. The average molecular weight is 481 g/mol. The molecule has 1 aliphatic carbocycles. The molecule has 1 atom stereocenters. The van der Waals surface area contributed by atoms with Gasteiger partial charge in [-0.05, 0) is 61.3 Å². The standard InChI is InChI=1S/C28H33FN2O4/c1-34-24-8-7-20(17-23(24)29)26(33)31-13-9-27(10-14-31)18-22(27)25(32)30-19-28(11-15-35-16-12-28)21-5-3-2-4-6-21/h2-8,17,22H,9-16,18-19H2,1H3,(H,30,32)/t22-/m1/s1. The Hall–Kier alpha value is -2.93. The number of nitrogens with one attached hydrogen (secondary N) is 1. The lowest BCUT2D eigenvalue weighted by molar-refractivity contribution is -0.123. The first-order valence-corrected chi connectivity index (χ1v) is 12.5. The van der Waals surface area contributed by atoms with E-state index in [4.69, 9.17) is 9.47 Å². The zero-order valence-corrected chi connectivity index (χ0v) is 20.2. The largest absolute Gasteiger partial charge is 0.494 e. The molecule has 2 aromatic rings. The molecular weight excluding hydrogens is 447 g/mol. The van der Waals surface area contributed by atoms with Crippen molar-refractivity contribution in [1.29, 1.82) is 0 Å². The fourth-order valence-corrected chi connectivity index (χ4v) is 5.91. The molecule has 1 N–H and O–H groups in total. The Kier molecular flexibility index (Phi) is 6.53. The van der Waals surface area contributed by atoms with E-state index in [0.29, 0.717) is 38.4 Å². The number of carbonyl (C=O) groups excluding carboxylic acids is 2. The van der Waals surface area contributed by atoms with Crippen LogP contribution < -0.4 is 10.1 Å². The molecular formula is C28H33FN2O4. The minimum absolute atomic E-state index is 0.00541. The molecule has 186 valence electrons. The summed E-state index contributed by atoms with van der Waals surface area (Å²) in [6.07, 6.45) is 4.27. The predicted octanol–water partition coefficient (Wildman–Crippen LogP) is 3.94. The summed E-state index contributed by atoms with van der Waals surface area (Å²) in [4.78, 5) is 27.8. The van der Waals surface area contributed by atoms with E-state index in [2.05, 4.69) is 29.6 Å². The molecule has 3 aliphatic rings. The topological polar surface area (TPSA) is 67.9 Å². The van der Waals surface area contributed by atoms with E-state index in [0.717, 1.165) is 32.1 Å². The number of ether oxygens (including phenoxy) is 2. The summed E-state index contributed by atoms with van der Waals surface area (Å²) in [7, 11) is 1.40. The van der Waals surface area contributed by atoms with Gasteiger partial charge in [-0.3, -0.25) is 9.59 Å². The summed E-state index contributed by atoms with van der Waals surface area (Å²) in [6, 6.07) is 14.7. The van der Waals surface area contributed by atoms with Crippen LogP contribution in [0.3, 0.4) is 0 Å². The van der Waals surface area contributed by atoms with E-state index in [-0.39, 0.29) is 34.3 Å². The van der Waals surface area contributed by atoms with Gasteiger partial charge in [0.1, 0.15) is 0 Å². The Morgan fingerprint density at radius 3 is 2.46 bits per heavy atom. The number of carbonyl (C=O) groups is 2. The summed E-state index contributed by atoms with van der Waals surface area (Å²) >= 11 is 0. The molecule has 6 nitrogen and oxygen atoms in total. The fourth-order valence-electron chi connectivity index (χ4n) is 5.91. The van der Waals surface area contributed by atoms with Gasteiger partial charge in [0, 0.05) is 49.7 Å². The number of nitrogens with zero attached hydrogens (tertiary/aromatic N) is 1. The van der Waals surface area contributed by atoms with E-state index in [9.17, 15) is 14.0 Å². The van der Waals surface area contributed by atoms with Crippen molar-refractivity contribution in [3.63, 3.8) is 0 Å². The van der Waals surface area contributed by atoms with Crippen LogP contribution in [-0.4, -0.2) is 56.7 Å². The molecule has 2 aliphatic heterocycles. The van der Waals surface area contributed by atoms with Crippen LogP contribution in [0.5, 0.6) is 5.75 Å². The van der Waals surface area contributed by atoms with Crippen LogP contribution in [0.25, 0.3) is 0 Å². The van der Waals surface area contributed by atoms with Gasteiger partial charge in [0.05, 0.1) is 7.11 Å². The van der Waals surface area contributed by atoms with Gasteiger partial charge in [-0.2, -0.15) is 0 Å². The summed E-state index contributed by atoms with van der Waals surface area (Å²) in [6.45, 7) is 3.21. The Balaban J connectivity index is 1.16. The van der Waals surface area contributed by atoms with E-state index in [1.807, 2.05) is 6.07 Å². The molecule has 7 heteroatoms. The molecule has 3 fully saturated rings. The smallest absolute Gasteiger partial charge is 0.253 e. The Labute approximate surface area is 205 Å². The lowest BCUT2D eigenvalue weighted by Crippen LogP contribution is -2.46. The van der Waals surface area contributed by atoms with Gasteiger partial charge < -0.3 is 19.7 Å². The van der Waals surface area contributed by atoms with Gasteiger partial charge in [-0.15, -0.1) is 0 Å². The second-order valence-electron chi connectivity index (χ2n) is 10.2. The molecule has 0 bridgehead atoms. The number of methoxy groups -OCH3 is 1. The van der Waals surface area contributed by atoms with Crippen LogP contribution in [0.1, 0.15) is 48.0 Å². The van der Waals surface area contributed by atoms with Crippen molar-refractivity contribution in [3.8, 4) is 5.75 Å². The van der Waals surface area contributed by atoms with Gasteiger partial charge in [-0.25, -0.2) is 4.39 Å². The first-order chi connectivity index (χ1) is 17.0. The highest BCUT2D eigenvalue weighted by atomic mass is 19.1. The molecule has 2 heterocycles. The van der Waals surface area contributed by atoms with Gasteiger partial charge >= 0.3 is 0 Å². The van der Waals surface area contributed by atoms with Crippen LogP contribution >= 0.6 is 0 Å². The molecule has 5 rings (SSSR count). The summed E-state index contributed by atoms with van der Waals surface area (Å²) in [5.41, 5.74) is 1.49. The van der Waals surface area contributed by atoms with Gasteiger partial charge in [0.15, 0.2) is 11.6 Å². The molecule has 1 saturated carbocycles. The zero-order valence-electron chi connectivity index (χ0n) is 20.2. The first kappa shape index (κ1) is 23.8. The number of hydrogen-bond acceptors (Lipinski definition) is 4. The highest BCUT2D eigenvalue weighted by Crippen LogP contribution is 2.59. The van der Waals surface area contributed by atoms with Crippen LogP contribution in [0.2, 0.25) is 0 Å². The number of likely N-dealkylation sites (tertiary alicyclic amines) is 1. The van der Waals surface area contributed by atoms with Crippen molar-refractivity contribution in [1.82, 2.24) is 10.2 Å². The van der Waals surface area contributed by atoms with Crippen LogP contribution in [0.4, 0.5) is 4.39 Å². The van der Waals surface area contributed by atoms with Gasteiger partial charge in [-0.1, -0.05) is 30.3 Å². The SMILES string of the molecule is COc1ccc(C(=O)N2CCC3(CC2)C[C@@H]3C(=O)NCC2(c3ccccc3)CCOCC2)cc1F. The third-order valence-corrected chi connectivity index (χ3v) is 8.39. The molecule has 2 amide bonds. The fraction of sp³-hybridized carbons (Fsp3) is 0.500. The summed E-state index contributed by atoms with van der Waals surface area (Å²) < 4.78 is 24.6. The lowest BCUT2D eigenvalue weighted by Gasteiger charge is -2.38. The number of rotatable bonds is 6. The number of piperidine rings is 1. The van der Waals surface area contributed by atoms with E-state index in [1.54, 1.807) is 11.0 Å². The van der Waals surface area contributed by atoms with Crippen LogP contribution in [0, 0.1) is 17.2 Å². The second kappa shape index (κ2) is 9.61. The molecule has 2 aromatic carbocycles. The Morgan fingerprint density at radius 2 is 1.80 bits per heavy atom. The van der Waals surface area contributed by atoms with Gasteiger partial charge in [0.2, 0.25) is 5.91 Å². The third-order valence-electron chi connectivity index (χ3n) is 8.39. The maximum Gasteiger partial charge on any atom is 0.253 e. The quantitative estimate of drug-likeness (QED) is 0.680. The first-order valence-electron chi connectivity index (χ1n) is 12.5. The van der Waals surface area contributed by atoms with Crippen LogP contribution in [-0.2, 0) is 14.9 Å². The lowest BCUT2D eigenvalue weighted by atomic mass is 9.74. The molecule has 0 aromatic heterocycles. The maximum absolute atomic E-state index is 14.0.